The molecule has 17 heavy (non-hydrogen) atoms. The van der Waals surface area contributed by atoms with Crippen molar-refractivity contribution in [2.24, 2.45) is 5.73 Å². The monoisotopic (exact) mass is 269 g/mol. The van der Waals surface area contributed by atoms with E-state index in [4.69, 9.17) is 29.6 Å². The molecule has 0 spiro atoms. The van der Waals surface area contributed by atoms with E-state index in [1.807, 2.05) is 29.2 Å². The number of nitrogens with two attached hydrogens (primary N) is 1. The molecule has 1 saturated heterocycles. The summed E-state index contributed by atoms with van der Waals surface area (Å²) in [7, 11) is 0. The largest absolute Gasteiger partial charge is 0.376 e. The van der Waals surface area contributed by atoms with Crippen LogP contribution < -0.4 is 11.1 Å². The fourth-order valence-corrected chi connectivity index (χ4v) is 2.46. The summed E-state index contributed by atoms with van der Waals surface area (Å²) in [5, 5.41) is 4.73. The third-order valence-electron chi connectivity index (χ3n) is 3.20. The van der Waals surface area contributed by atoms with Gasteiger partial charge in [-0.15, -0.1) is 0 Å². The number of rotatable bonds is 1. The van der Waals surface area contributed by atoms with Gasteiger partial charge in [-0.3, -0.25) is 0 Å². The van der Waals surface area contributed by atoms with E-state index in [9.17, 15) is 0 Å². The Hall–Kier alpha value is -0.840. The summed E-state index contributed by atoms with van der Waals surface area (Å²) < 4.78 is 0. The van der Waals surface area contributed by atoms with Crippen molar-refractivity contribution in [1.82, 2.24) is 10.2 Å². The first-order valence-corrected chi connectivity index (χ1v) is 6.35. The molecule has 0 amide bonds. The second-order valence-corrected chi connectivity index (χ2v) is 5.38. The highest BCUT2D eigenvalue weighted by atomic mass is 35.5. The average molecular weight is 270 g/mol. The summed E-state index contributed by atoms with van der Waals surface area (Å²) in [6.07, 6.45) is 0. The molecular weight excluding hydrogens is 254 g/mol. The van der Waals surface area contributed by atoms with Crippen LogP contribution in [0.15, 0.2) is 24.3 Å². The van der Waals surface area contributed by atoms with Crippen LogP contribution >= 0.6 is 23.8 Å². The predicted molar refractivity (Wildman–Crippen MR) is 75.2 cm³/mol. The fraction of sp³-hybridized carbons (Fsp3) is 0.417. The predicted octanol–water partition coefficient (Wildman–Crippen LogP) is 1.70. The first kappa shape index (κ1) is 12.6. The van der Waals surface area contributed by atoms with Crippen LogP contribution in [0.4, 0.5) is 0 Å². The maximum Gasteiger partial charge on any atom is 0.166 e. The number of nitrogens with zero attached hydrogens (tertiary/aromatic N) is 1. The molecule has 3 N–H and O–H groups in total. The molecule has 1 aromatic rings. The van der Waals surface area contributed by atoms with Crippen LogP contribution in [0.2, 0.25) is 5.02 Å². The van der Waals surface area contributed by atoms with Crippen molar-refractivity contribution in [3.63, 3.8) is 0 Å². The molecule has 0 saturated carbocycles. The quantitative estimate of drug-likeness (QED) is 0.762. The van der Waals surface area contributed by atoms with Gasteiger partial charge in [-0.25, -0.2) is 0 Å². The number of benzene rings is 1. The standard InChI is InChI=1S/C12H16ClN3S/c1-12(9-2-4-10(13)5-3-9)8-16(11(14)17)7-6-15-12/h2-5,15H,6-8H2,1H3,(H2,14,17). The maximum absolute atomic E-state index is 5.90. The molecule has 3 nitrogen and oxygen atoms in total. The minimum absolute atomic E-state index is 0.133. The third-order valence-corrected chi connectivity index (χ3v) is 3.71. The molecule has 0 aromatic heterocycles. The van der Waals surface area contributed by atoms with Crippen LogP contribution in [-0.2, 0) is 5.54 Å². The summed E-state index contributed by atoms with van der Waals surface area (Å²) in [6, 6.07) is 7.89. The lowest BCUT2D eigenvalue weighted by Crippen LogP contribution is -2.59. The number of hydrogen-bond acceptors (Lipinski definition) is 2. The first-order chi connectivity index (χ1) is 8.01. The molecule has 1 atom stereocenters. The summed E-state index contributed by atoms with van der Waals surface area (Å²) >= 11 is 10.9. The van der Waals surface area contributed by atoms with Crippen LogP contribution in [0.3, 0.4) is 0 Å². The second kappa shape index (κ2) is 4.80. The highest BCUT2D eigenvalue weighted by Crippen LogP contribution is 2.25. The van der Waals surface area contributed by atoms with Crippen LogP contribution in [0.25, 0.3) is 0 Å². The van der Waals surface area contributed by atoms with Gasteiger partial charge in [-0.2, -0.15) is 0 Å². The Bertz CT molecular complexity index is 420. The van der Waals surface area contributed by atoms with Gasteiger partial charge in [0.25, 0.3) is 0 Å². The van der Waals surface area contributed by atoms with Crippen molar-refractivity contribution in [1.29, 1.82) is 0 Å². The molecule has 1 aliphatic heterocycles. The van der Waals surface area contributed by atoms with Crippen molar-refractivity contribution >= 4 is 28.9 Å². The van der Waals surface area contributed by atoms with E-state index in [1.165, 1.54) is 5.56 Å². The van der Waals surface area contributed by atoms with Crippen LogP contribution in [0, 0.1) is 0 Å². The molecule has 2 rings (SSSR count). The summed E-state index contributed by atoms with van der Waals surface area (Å²) in [5.41, 5.74) is 6.76. The van der Waals surface area contributed by atoms with Gasteiger partial charge in [0.1, 0.15) is 0 Å². The van der Waals surface area contributed by atoms with Crippen LogP contribution in [-0.4, -0.2) is 29.6 Å². The molecule has 1 aliphatic rings. The zero-order valence-electron chi connectivity index (χ0n) is 9.74. The molecule has 1 heterocycles. The number of nitrogens with one attached hydrogen (secondary N) is 1. The average Bonchev–Trinajstić information content (AvgIpc) is 2.29. The zero-order chi connectivity index (χ0) is 12.5. The Morgan fingerprint density at radius 1 is 1.47 bits per heavy atom. The Balaban J connectivity index is 2.23. The van der Waals surface area contributed by atoms with Gasteiger partial charge in [0.05, 0.1) is 5.54 Å². The molecule has 1 aromatic carbocycles. The Labute approximate surface area is 112 Å². The van der Waals surface area contributed by atoms with E-state index in [0.29, 0.717) is 5.11 Å². The Morgan fingerprint density at radius 2 is 2.12 bits per heavy atom. The molecule has 1 fully saturated rings. The second-order valence-electron chi connectivity index (χ2n) is 4.53. The minimum Gasteiger partial charge on any atom is -0.376 e. The Morgan fingerprint density at radius 3 is 2.71 bits per heavy atom. The number of halogens is 1. The van der Waals surface area contributed by atoms with Crippen molar-refractivity contribution in [2.45, 2.75) is 12.5 Å². The van der Waals surface area contributed by atoms with Crippen molar-refractivity contribution < 1.29 is 0 Å². The minimum atomic E-state index is -0.133. The number of thiocarbonyl (C=S) groups is 1. The van der Waals surface area contributed by atoms with E-state index >= 15 is 0 Å². The molecule has 5 heteroatoms. The van der Waals surface area contributed by atoms with Gasteiger partial charge in [-0.1, -0.05) is 23.7 Å². The number of hydrogen-bond donors (Lipinski definition) is 2. The van der Waals surface area contributed by atoms with Gasteiger partial charge in [0.15, 0.2) is 5.11 Å². The van der Waals surface area contributed by atoms with Gasteiger partial charge in [0.2, 0.25) is 0 Å². The smallest absolute Gasteiger partial charge is 0.166 e. The van der Waals surface area contributed by atoms with Crippen molar-refractivity contribution in [3.05, 3.63) is 34.9 Å². The van der Waals surface area contributed by atoms with Crippen LogP contribution in [0.1, 0.15) is 12.5 Å². The van der Waals surface area contributed by atoms with E-state index in [-0.39, 0.29) is 5.54 Å². The molecular formula is C12H16ClN3S. The molecule has 0 aliphatic carbocycles. The molecule has 0 radical (unpaired) electrons. The van der Waals surface area contributed by atoms with E-state index in [2.05, 4.69) is 12.2 Å². The first-order valence-electron chi connectivity index (χ1n) is 5.57. The molecule has 0 bridgehead atoms. The molecule has 1 unspecified atom stereocenters. The lowest BCUT2D eigenvalue weighted by Gasteiger charge is -2.42. The summed E-state index contributed by atoms with van der Waals surface area (Å²) in [5.74, 6) is 0. The normalized spacial score (nSPS) is 24.7. The summed E-state index contributed by atoms with van der Waals surface area (Å²) in [4.78, 5) is 2.03. The highest BCUT2D eigenvalue weighted by molar-refractivity contribution is 7.80. The van der Waals surface area contributed by atoms with Gasteiger partial charge >= 0.3 is 0 Å². The van der Waals surface area contributed by atoms with Gasteiger partial charge < -0.3 is 16.0 Å². The van der Waals surface area contributed by atoms with Gasteiger partial charge in [0, 0.05) is 24.7 Å². The summed E-state index contributed by atoms with van der Waals surface area (Å²) in [6.45, 7) is 4.67. The van der Waals surface area contributed by atoms with E-state index < -0.39 is 0 Å². The zero-order valence-corrected chi connectivity index (χ0v) is 11.3. The fourth-order valence-electron chi connectivity index (χ4n) is 2.18. The van der Waals surface area contributed by atoms with Crippen molar-refractivity contribution in [3.8, 4) is 0 Å². The maximum atomic E-state index is 5.90. The van der Waals surface area contributed by atoms with Gasteiger partial charge in [-0.05, 0) is 36.8 Å². The van der Waals surface area contributed by atoms with E-state index in [0.717, 1.165) is 24.7 Å². The lowest BCUT2D eigenvalue weighted by atomic mass is 9.90. The molecule has 92 valence electrons. The third kappa shape index (κ3) is 2.70. The SMILES string of the molecule is CC1(c2ccc(Cl)cc2)CN(C(N)=S)CCN1. The Kier molecular flexibility index (Phi) is 3.56. The van der Waals surface area contributed by atoms with Crippen LogP contribution in [0.5, 0.6) is 0 Å². The van der Waals surface area contributed by atoms with E-state index in [1.54, 1.807) is 0 Å². The topological polar surface area (TPSA) is 41.3 Å². The lowest BCUT2D eigenvalue weighted by molar-refractivity contribution is 0.211. The number of piperazine rings is 1. The van der Waals surface area contributed by atoms with Crippen molar-refractivity contribution in [2.75, 3.05) is 19.6 Å². The highest BCUT2D eigenvalue weighted by Gasteiger charge is 2.32.